The third-order valence-corrected chi connectivity index (χ3v) is 15.2. The number of unbranched alkanes of at least 4 members (excludes halogenated alkanes) is 1. The number of urea groups is 1. The monoisotopic (exact) mass is 971 g/mol. The minimum atomic E-state index is -3.81. The molecule has 5 aromatic rings. The number of aryl methyl sites for hydroxylation is 2. The number of benzene rings is 2. The smallest absolute Gasteiger partial charge is 0.329 e. The van der Waals surface area contributed by atoms with E-state index in [1.807, 2.05) is 22.9 Å². The van der Waals surface area contributed by atoms with Gasteiger partial charge in [-0.25, -0.2) is 27.7 Å². The lowest BCUT2D eigenvalue weighted by Crippen LogP contribution is -2.53. The predicted octanol–water partition coefficient (Wildman–Crippen LogP) is 4.27. The highest BCUT2D eigenvalue weighted by Crippen LogP contribution is 2.35. The van der Waals surface area contributed by atoms with Crippen LogP contribution in [-0.2, 0) is 42.6 Å². The molecule has 1 atom stereocenters. The lowest BCUT2D eigenvalue weighted by Gasteiger charge is -2.34. The molecule has 21 heteroatoms. The number of aliphatic hydroxyl groups excluding tert-OH is 1. The number of sulfonamides is 1. The highest BCUT2D eigenvalue weighted by atomic mass is 32.2. The zero-order valence-electron chi connectivity index (χ0n) is 39.6. The van der Waals surface area contributed by atoms with Crippen LogP contribution in [0.25, 0.3) is 33.3 Å². The Kier molecular flexibility index (Phi) is 16.4. The summed E-state index contributed by atoms with van der Waals surface area (Å²) in [7, 11) is -2.12. The Labute approximate surface area is 401 Å². The van der Waals surface area contributed by atoms with E-state index in [1.165, 1.54) is 13.4 Å². The van der Waals surface area contributed by atoms with E-state index in [4.69, 9.17) is 19.6 Å². The molecule has 4 N–H and O–H groups in total. The first kappa shape index (κ1) is 49.7. The molecule has 3 aliphatic rings. The van der Waals surface area contributed by atoms with Crippen molar-refractivity contribution in [1.29, 1.82) is 0 Å². The van der Waals surface area contributed by atoms with Gasteiger partial charge in [0.2, 0.25) is 27.8 Å². The number of ether oxygens (including phenoxy) is 2. The quantitative estimate of drug-likeness (QED) is 0.0595. The fourth-order valence-electron chi connectivity index (χ4n) is 9.34. The van der Waals surface area contributed by atoms with Gasteiger partial charge in [-0.05, 0) is 94.0 Å². The average Bonchev–Trinajstić information content (AvgIpc) is 3.85. The molecule has 1 saturated carbocycles. The summed E-state index contributed by atoms with van der Waals surface area (Å²) in [4.78, 5) is 61.3. The molecule has 0 bridgehead atoms. The molecule has 1 unspecified atom stereocenters. The highest BCUT2D eigenvalue weighted by molar-refractivity contribution is 7.89. The predicted molar refractivity (Wildman–Crippen MR) is 259 cm³/mol. The number of piperidine rings is 1. The number of hydrogen-bond donors (Lipinski definition) is 4. The van der Waals surface area contributed by atoms with Crippen LogP contribution in [0.15, 0.2) is 58.4 Å². The number of piperazine rings is 1. The molecular weight excluding hydrogens is 907 g/mol. The van der Waals surface area contributed by atoms with Crippen LogP contribution in [0.5, 0.6) is 0 Å². The third-order valence-electron chi connectivity index (χ3n) is 13.3. The van der Waals surface area contributed by atoms with Crippen LogP contribution in [0.4, 0.5) is 10.7 Å². The second kappa shape index (κ2) is 22.8. The van der Waals surface area contributed by atoms with Crippen molar-refractivity contribution in [2.45, 2.75) is 107 Å². The van der Waals surface area contributed by atoms with E-state index in [9.17, 15) is 32.7 Å². The standard InChI is InChI=1S/C48H65N11O9S/c1-3-4-21-49-46-51-32-38-43(54-59(44(38)53-46)35-12-14-36(60)15-13-35)34-10-16-37(17-11-34)69(65,66)57-25-23-56(24-26-57)47(63)50-22-6-28-68-30-7-29-67-27-5-8-33-9-18-39-41(31-33)55(2)48(64)58(39)40-19-20-42(61)52-45(40)62/h9-11,16-18,31-32,35-36,40,60H,3-8,12-15,19-30H2,1-2H3,(H,50,63)(H,49,51,53)(H,52,61,62). The molecule has 1 aliphatic carbocycles. The van der Waals surface area contributed by atoms with E-state index in [0.29, 0.717) is 81.5 Å². The van der Waals surface area contributed by atoms with Crippen LogP contribution in [0.3, 0.4) is 0 Å². The van der Waals surface area contributed by atoms with Crippen LogP contribution in [-0.4, -0.2) is 141 Å². The number of anilines is 1. The number of rotatable bonds is 21. The van der Waals surface area contributed by atoms with Gasteiger partial charge in [0.05, 0.1) is 33.5 Å². The number of aromatic nitrogens is 6. The second-order valence-corrected chi connectivity index (χ2v) is 20.1. The highest BCUT2D eigenvalue weighted by Gasteiger charge is 2.33. The van der Waals surface area contributed by atoms with Gasteiger partial charge in [0.1, 0.15) is 11.7 Å². The lowest BCUT2D eigenvalue weighted by molar-refractivity contribution is -0.135. The van der Waals surface area contributed by atoms with Gasteiger partial charge in [0, 0.05) is 90.9 Å². The van der Waals surface area contributed by atoms with E-state index in [2.05, 4.69) is 27.9 Å². The van der Waals surface area contributed by atoms with Crippen molar-refractivity contribution in [3.63, 3.8) is 0 Å². The summed E-state index contributed by atoms with van der Waals surface area (Å²) in [6, 6.07) is 11.7. The molecule has 20 nitrogen and oxygen atoms in total. The molecule has 3 fully saturated rings. The Bertz CT molecular complexity index is 2760. The maximum Gasteiger partial charge on any atom is 0.329 e. The first-order valence-electron chi connectivity index (χ1n) is 24.4. The molecule has 2 aliphatic heterocycles. The maximum atomic E-state index is 13.7. The summed E-state index contributed by atoms with van der Waals surface area (Å²) in [5.74, 6) is -0.232. The number of carbonyl (C=O) groups is 3. The number of hydrogen-bond acceptors (Lipinski definition) is 13. The van der Waals surface area contributed by atoms with E-state index < -0.39 is 22.0 Å². The van der Waals surface area contributed by atoms with Crippen LogP contribution in [0.2, 0.25) is 0 Å². The van der Waals surface area contributed by atoms with Crippen molar-refractivity contribution in [3.05, 3.63) is 64.7 Å². The summed E-state index contributed by atoms with van der Waals surface area (Å²) >= 11 is 0. The number of nitrogens with one attached hydrogen (secondary N) is 3. The summed E-state index contributed by atoms with van der Waals surface area (Å²) in [5, 5.41) is 24.5. The molecule has 0 spiro atoms. The van der Waals surface area contributed by atoms with Gasteiger partial charge in [0.25, 0.3) is 0 Å². The SMILES string of the molecule is CCCCNc1ncc2c(-c3ccc(S(=O)(=O)N4CCN(C(=O)NCCCOCCCOCCCc5ccc6c(c5)n(C)c(=O)n6C5CCC(=O)NC5=O)CC4)cc3)nn(C3CCC(O)CC3)c2n1. The minimum absolute atomic E-state index is 0.0827. The first-order chi connectivity index (χ1) is 33.4. The lowest BCUT2D eigenvalue weighted by atomic mass is 9.93. The third kappa shape index (κ3) is 11.7. The molecule has 3 aromatic heterocycles. The maximum absolute atomic E-state index is 13.7. The number of imide groups is 1. The molecule has 5 heterocycles. The van der Waals surface area contributed by atoms with Crippen LogP contribution in [0.1, 0.15) is 95.2 Å². The fourth-order valence-corrected chi connectivity index (χ4v) is 10.8. The topological polar surface area (TPSA) is 237 Å². The largest absolute Gasteiger partial charge is 0.393 e. The van der Waals surface area contributed by atoms with E-state index >= 15 is 0 Å². The minimum Gasteiger partial charge on any atom is -0.393 e. The van der Waals surface area contributed by atoms with Gasteiger partial charge >= 0.3 is 11.7 Å². The fraction of sp³-hybridized carbons (Fsp3) is 0.562. The molecule has 69 heavy (non-hydrogen) atoms. The van der Waals surface area contributed by atoms with Crippen molar-refractivity contribution in [1.82, 2.24) is 48.7 Å². The van der Waals surface area contributed by atoms with Crippen LogP contribution in [0, 0.1) is 0 Å². The van der Waals surface area contributed by atoms with Gasteiger partial charge in [-0.3, -0.25) is 24.0 Å². The van der Waals surface area contributed by atoms with Gasteiger partial charge < -0.3 is 30.1 Å². The zero-order chi connectivity index (χ0) is 48.5. The number of fused-ring (bicyclic) bond motifs is 2. The van der Waals surface area contributed by atoms with Crippen molar-refractivity contribution in [3.8, 4) is 11.3 Å². The normalized spacial score (nSPS) is 19.3. The molecule has 8 rings (SSSR count). The van der Waals surface area contributed by atoms with E-state index in [1.54, 1.807) is 42.4 Å². The van der Waals surface area contributed by atoms with E-state index in [-0.39, 0.29) is 67.3 Å². The van der Waals surface area contributed by atoms with Crippen LogP contribution >= 0.6 is 0 Å². The van der Waals surface area contributed by atoms with E-state index in [0.717, 1.165) is 73.5 Å². The van der Waals surface area contributed by atoms with Crippen molar-refractivity contribution in [2.24, 2.45) is 7.05 Å². The summed E-state index contributed by atoms with van der Waals surface area (Å²) < 4.78 is 45.4. The van der Waals surface area contributed by atoms with Crippen molar-refractivity contribution < 1.29 is 37.4 Å². The Morgan fingerprint density at radius 3 is 2.32 bits per heavy atom. The van der Waals surface area contributed by atoms with Crippen molar-refractivity contribution in [2.75, 3.05) is 71.0 Å². The van der Waals surface area contributed by atoms with Gasteiger partial charge in [-0.2, -0.15) is 14.4 Å². The summed E-state index contributed by atoms with van der Waals surface area (Å²) in [6.07, 6.45) is 9.89. The molecule has 4 amide bonds. The summed E-state index contributed by atoms with van der Waals surface area (Å²) in [6.45, 7) is 6.37. The molecular formula is C48H65N11O9S. The number of nitrogens with zero attached hydrogens (tertiary/aromatic N) is 8. The number of carbonyl (C=O) groups excluding carboxylic acids is 3. The second-order valence-electron chi connectivity index (χ2n) is 18.2. The van der Waals surface area contributed by atoms with Gasteiger partial charge in [-0.15, -0.1) is 0 Å². The molecule has 2 saturated heterocycles. The van der Waals surface area contributed by atoms with Gasteiger partial charge in [-0.1, -0.05) is 31.5 Å². The Morgan fingerprint density at radius 2 is 1.59 bits per heavy atom. The zero-order valence-corrected chi connectivity index (χ0v) is 40.4. The Morgan fingerprint density at radius 1 is 0.870 bits per heavy atom. The Hall–Kier alpha value is -5.74. The average molecular weight is 972 g/mol. The number of aliphatic hydroxyl groups is 1. The first-order valence-corrected chi connectivity index (χ1v) is 25.9. The number of imidazole rings is 1. The van der Waals surface area contributed by atoms with Crippen LogP contribution < -0.4 is 21.6 Å². The molecule has 372 valence electrons. The molecule has 2 aromatic carbocycles. The van der Waals surface area contributed by atoms with Gasteiger partial charge in [0.15, 0.2) is 5.65 Å². The van der Waals surface area contributed by atoms with Crippen molar-refractivity contribution >= 4 is 55.9 Å². The number of amides is 4. The molecule has 0 radical (unpaired) electrons. The summed E-state index contributed by atoms with van der Waals surface area (Å²) in [5.41, 5.74) is 4.31. The Balaban J connectivity index is 0.714.